The first-order valence-corrected chi connectivity index (χ1v) is 9.72. The summed E-state index contributed by atoms with van der Waals surface area (Å²) >= 11 is 0. The third kappa shape index (κ3) is 3.12. The molecule has 0 saturated carbocycles. The van der Waals surface area contributed by atoms with Crippen molar-refractivity contribution in [3.05, 3.63) is 29.6 Å². The van der Waals surface area contributed by atoms with Crippen molar-refractivity contribution < 1.29 is 9.90 Å². The summed E-state index contributed by atoms with van der Waals surface area (Å²) in [4.78, 5) is 19.0. The van der Waals surface area contributed by atoms with Crippen LogP contribution in [0.15, 0.2) is 18.2 Å². The molecule has 0 aliphatic carbocycles. The van der Waals surface area contributed by atoms with E-state index in [0.717, 1.165) is 42.4 Å². The summed E-state index contributed by atoms with van der Waals surface area (Å²) in [5, 5.41) is 13.3. The van der Waals surface area contributed by atoms with Gasteiger partial charge in [-0.05, 0) is 44.0 Å². The lowest BCUT2D eigenvalue weighted by Gasteiger charge is -2.45. The molecule has 0 spiro atoms. The van der Waals surface area contributed by atoms with E-state index < -0.39 is 5.97 Å². The van der Waals surface area contributed by atoms with Crippen LogP contribution < -0.4 is 5.32 Å². The minimum absolute atomic E-state index is 0.251. The molecule has 140 valence electrons. The van der Waals surface area contributed by atoms with Gasteiger partial charge in [-0.15, -0.1) is 0 Å². The fourth-order valence-corrected chi connectivity index (χ4v) is 4.60. The summed E-state index contributed by atoms with van der Waals surface area (Å²) in [6.07, 6.45) is 2.60. The number of benzene rings is 1. The Morgan fingerprint density at radius 2 is 2.12 bits per heavy atom. The molecule has 3 fully saturated rings. The van der Waals surface area contributed by atoms with E-state index in [4.69, 9.17) is 4.98 Å². The zero-order valence-corrected chi connectivity index (χ0v) is 15.6. The lowest BCUT2D eigenvalue weighted by Crippen LogP contribution is -2.56. The molecule has 5 rings (SSSR count). The van der Waals surface area contributed by atoms with Crippen molar-refractivity contribution in [1.29, 1.82) is 0 Å². The standard InChI is InChI=1S/C20H28N4O2/c1-13(2)19-22-16-5-3-4-15(20(25)26)18(16)24(19)11-8-21-17-12-23-9-6-14(17)7-10-23/h3-5,13-14,17,21H,6-12H2,1-2H3,(H,25,26)/t17-/m1/s1. The van der Waals surface area contributed by atoms with Crippen LogP contribution in [0.4, 0.5) is 0 Å². The number of hydrogen-bond acceptors (Lipinski definition) is 4. The number of piperidine rings is 3. The number of fused-ring (bicyclic) bond motifs is 4. The third-order valence-electron chi connectivity index (χ3n) is 5.94. The molecule has 0 amide bonds. The highest BCUT2D eigenvalue weighted by Crippen LogP contribution is 2.28. The predicted molar refractivity (Wildman–Crippen MR) is 102 cm³/mol. The van der Waals surface area contributed by atoms with Crippen LogP contribution in [0.25, 0.3) is 11.0 Å². The largest absolute Gasteiger partial charge is 0.478 e. The Labute approximate surface area is 154 Å². The maximum Gasteiger partial charge on any atom is 0.337 e. The topological polar surface area (TPSA) is 70.4 Å². The molecule has 6 nitrogen and oxygen atoms in total. The Balaban J connectivity index is 1.56. The lowest BCUT2D eigenvalue weighted by molar-refractivity contribution is 0.0698. The molecule has 0 radical (unpaired) electrons. The van der Waals surface area contributed by atoms with Crippen LogP contribution in [-0.2, 0) is 6.54 Å². The molecule has 3 aliphatic heterocycles. The highest BCUT2D eigenvalue weighted by Gasteiger charge is 2.33. The number of imidazole rings is 1. The van der Waals surface area contributed by atoms with Gasteiger partial charge in [0, 0.05) is 31.6 Å². The summed E-state index contributed by atoms with van der Waals surface area (Å²) in [6.45, 7) is 9.44. The number of hydrogen-bond donors (Lipinski definition) is 2. The molecule has 2 N–H and O–H groups in total. The average Bonchev–Trinajstić information content (AvgIpc) is 3.02. The third-order valence-corrected chi connectivity index (χ3v) is 5.94. The number of para-hydroxylation sites is 1. The van der Waals surface area contributed by atoms with Crippen molar-refractivity contribution >= 4 is 17.0 Å². The minimum Gasteiger partial charge on any atom is -0.478 e. The molecule has 1 aromatic heterocycles. The monoisotopic (exact) mass is 356 g/mol. The van der Waals surface area contributed by atoms with E-state index in [0.29, 0.717) is 11.6 Å². The zero-order valence-electron chi connectivity index (χ0n) is 15.6. The van der Waals surface area contributed by atoms with E-state index in [1.807, 2.05) is 6.07 Å². The molecule has 0 unspecified atom stereocenters. The zero-order chi connectivity index (χ0) is 18.3. The van der Waals surface area contributed by atoms with E-state index in [9.17, 15) is 9.90 Å². The van der Waals surface area contributed by atoms with Gasteiger partial charge < -0.3 is 19.9 Å². The molecule has 3 aliphatic rings. The van der Waals surface area contributed by atoms with Gasteiger partial charge in [-0.25, -0.2) is 9.78 Å². The van der Waals surface area contributed by atoms with Gasteiger partial charge in [0.2, 0.25) is 0 Å². The van der Waals surface area contributed by atoms with Crippen molar-refractivity contribution in [3.63, 3.8) is 0 Å². The molecule has 1 atom stereocenters. The summed E-state index contributed by atoms with van der Waals surface area (Å²) in [5.41, 5.74) is 1.86. The number of nitrogens with zero attached hydrogens (tertiary/aromatic N) is 3. The van der Waals surface area contributed by atoms with Gasteiger partial charge in [0.15, 0.2) is 0 Å². The van der Waals surface area contributed by atoms with Gasteiger partial charge in [0.05, 0.1) is 16.6 Å². The first-order chi connectivity index (χ1) is 12.5. The highest BCUT2D eigenvalue weighted by molar-refractivity contribution is 6.01. The molecule has 1 aromatic carbocycles. The summed E-state index contributed by atoms with van der Waals surface area (Å²) in [6, 6.07) is 5.92. The molecule has 26 heavy (non-hydrogen) atoms. The number of carboxylic acids is 1. The van der Waals surface area contributed by atoms with Gasteiger partial charge >= 0.3 is 5.97 Å². The number of rotatable bonds is 6. The van der Waals surface area contributed by atoms with Crippen molar-refractivity contribution in [2.45, 2.75) is 45.2 Å². The Hall–Kier alpha value is -1.92. The number of carboxylic acid groups (broad SMARTS) is 1. The second kappa shape index (κ2) is 7.00. The smallest absolute Gasteiger partial charge is 0.337 e. The quantitative estimate of drug-likeness (QED) is 0.832. The number of carbonyl (C=O) groups is 1. The van der Waals surface area contributed by atoms with Crippen LogP contribution in [0.5, 0.6) is 0 Å². The molecule has 6 heteroatoms. The fraction of sp³-hybridized carbons (Fsp3) is 0.600. The Morgan fingerprint density at radius 3 is 2.73 bits per heavy atom. The molecular weight excluding hydrogens is 328 g/mol. The van der Waals surface area contributed by atoms with E-state index >= 15 is 0 Å². The van der Waals surface area contributed by atoms with Crippen molar-refractivity contribution in [2.75, 3.05) is 26.2 Å². The van der Waals surface area contributed by atoms with E-state index in [2.05, 4.69) is 28.6 Å². The first kappa shape index (κ1) is 17.5. The second-order valence-electron chi connectivity index (χ2n) is 7.95. The van der Waals surface area contributed by atoms with Crippen molar-refractivity contribution in [3.8, 4) is 0 Å². The number of nitrogens with one attached hydrogen (secondary N) is 1. The Morgan fingerprint density at radius 1 is 1.35 bits per heavy atom. The van der Waals surface area contributed by atoms with Crippen molar-refractivity contribution in [1.82, 2.24) is 19.8 Å². The van der Waals surface area contributed by atoms with Gasteiger partial charge in [-0.2, -0.15) is 0 Å². The lowest BCUT2D eigenvalue weighted by atomic mass is 9.84. The van der Waals surface area contributed by atoms with Gasteiger partial charge in [-0.3, -0.25) is 0 Å². The minimum atomic E-state index is -0.891. The fourth-order valence-electron chi connectivity index (χ4n) is 4.60. The summed E-state index contributed by atoms with van der Waals surface area (Å²) in [5.74, 6) is 1.11. The van der Waals surface area contributed by atoms with E-state index in [1.54, 1.807) is 12.1 Å². The van der Waals surface area contributed by atoms with Crippen LogP contribution in [-0.4, -0.2) is 57.7 Å². The van der Waals surface area contributed by atoms with Crippen LogP contribution in [0.1, 0.15) is 48.8 Å². The van der Waals surface area contributed by atoms with Crippen LogP contribution in [0.2, 0.25) is 0 Å². The summed E-state index contributed by atoms with van der Waals surface area (Å²) in [7, 11) is 0. The Bertz CT molecular complexity index is 805. The second-order valence-corrected chi connectivity index (χ2v) is 7.95. The van der Waals surface area contributed by atoms with Crippen molar-refractivity contribution in [2.24, 2.45) is 5.92 Å². The SMILES string of the molecule is CC(C)c1nc2cccc(C(=O)O)c2n1CCN[C@@H]1CN2CCC1CC2. The summed E-state index contributed by atoms with van der Waals surface area (Å²) < 4.78 is 2.11. The Kier molecular flexibility index (Phi) is 4.71. The van der Waals surface area contributed by atoms with Gasteiger partial charge in [0.1, 0.15) is 5.82 Å². The predicted octanol–water partition coefficient (Wildman–Crippen LogP) is 2.54. The van der Waals surface area contributed by atoms with Crippen LogP contribution in [0, 0.1) is 5.92 Å². The van der Waals surface area contributed by atoms with Gasteiger partial charge in [0.25, 0.3) is 0 Å². The first-order valence-electron chi connectivity index (χ1n) is 9.72. The van der Waals surface area contributed by atoms with Gasteiger partial charge in [-0.1, -0.05) is 19.9 Å². The molecule has 3 saturated heterocycles. The molecule has 2 bridgehead atoms. The normalized spacial score (nSPS) is 25.3. The molecular formula is C20H28N4O2. The average molecular weight is 356 g/mol. The van der Waals surface area contributed by atoms with Crippen LogP contribution in [0.3, 0.4) is 0 Å². The number of aromatic nitrogens is 2. The van der Waals surface area contributed by atoms with Crippen LogP contribution >= 0.6 is 0 Å². The van der Waals surface area contributed by atoms with E-state index in [-0.39, 0.29) is 5.92 Å². The number of aromatic carboxylic acids is 1. The van der Waals surface area contributed by atoms with E-state index in [1.165, 1.54) is 25.9 Å². The molecule has 4 heterocycles. The maximum atomic E-state index is 11.7. The maximum absolute atomic E-state index is 11.7. The molecule has 2 aromatic rings. The highest BCUT2D eigenvalue weighted by atomic mass is 16.4.